The van der Waals surface area contributed by atoms with E-state index in [1.807, 2.05) is 0 Å². The Bertz CT molecular complexity index is 203. The van der Waals surface area contributed by atoms with Gasteiger partial charge in [0.05, 0.1) is 0 Å². The lowest BCUT2D eigenvalue weighted by atomic mass is 9.92. The molecular weight excluding hydrogens is 193 g/mol. The van der Waals surface area contributed by atoms with Crippen LogP contribution in [0.4, 0.5) is 0 Å². The van der Waals surface area contributed by atoms with E-state index in [9.17, 15) is 0 Å². The average molecular weight is 206 g/mol. The monoisotopic (exact) mass is 205 g/mol. The first-order valence-electron chi connectivity index (χ1n) is 4.50. The van der Waals surface area contributed by atoms with Crippen molar-refractivity contribution in [2.24, 2.45) is 5.92 Å². The van der Waals surface area contributed by atoms with Crippen molar-refractivity contribution in [2.75, 3.05) is 13.1 Å². The predicted octanol–water partition coefficient (Wildman–Crippen LogP) is 2.79. The van der Waals surface area contributed by atoms with Gasteiger partial charge in [-0.2, -0.15) is 0 Å². The van der Waals surface area contributed by atoms with Crippen molar-refractivity contribution in [3.63, 3.8) is 0 Å². The van der Waals surface area contributed by atoms with E-state index in [0.717, 1.165) is 23.5 Å². The fraction of sp³-hybridized carbons (Fsp3) is 0.778. The standard InChI is InChI=1S/C9H13Cl2N/c10-4-8(11)6-12-5-7-2-1-3-9(7)12/h4,7,9H,1-3,5-6H2/b8-4+. The Kier molecular flexibility index (Phi) is 2.63. The molecule has 12 heavy (non-hydrogen) atoms. The van der Waals surface area contributed by atoms with Gasteiger partial charge in [0.2, 0.25) is 0 Å². The van der Waals surface area contributed by atoms with Crippen molar-refractivity contribution in [1.29, 1.82) is 0 Å². The predicted molar refractivity (Wildman–Crippen MR) is 52.5 cm³/mol. The molecule has 0 radical (unpaired) electrons. The lowest BCUT2D eigenvalue weighted by Crippen LogP contribution is -2.53. The van der Waals surface area contributed by atoms with Crippen LogP contribution in [-0.2, 0) is 0 Å². The van der Waals surface area contributed by atoms with Gasteiger partial charge < -0.3 is 0 Å². The highest BCUT2D eigenvalue weighted by molar-refractivity contribution is 6.36. The summed E-state index contributed by atoms with van der Waals surface area (Å²) in [6.07, 6.45) is 4.18. The topological polar surface area (TPSA) is 3.24 Å². The summed E-state index contributed by atoms with van der Waals surface area (Å²) in [6.45, 7) is 2.08. The third-order valence-corrected chi connectivity index (χ3v) is 3.63. The van der Waals surface area contributed by atoms with Gasteiger partial charge in [0.25, 0.3) is 0 Å². The van der Waals surface area contributed by atoms with Gasteiger partial charge in [0.1, 0.15) is 0 Å². The third-order valence-electron chi connectivity index (χ3n) is 3.03. The summed E-state index contributed by atoms with van der Waals surface area (Å²) in [7, 11) is 0. The molecule has 0 aromatic rings. The van der Waals surface area contributed by atoms with Gasteiger partial charge in [0.15, 0.2) is 0 Å². The molecule has 1 saturated heterocycles. The van der Waals surface area contributed by atoms with Gasteiger partial charge in [-0.05, 0) is 18.8 Å². The van der Waals surface area contributed by atoms with Crippen molar-refractivity contribution in [3.05, 3.63) is 10.6 Å². The lowest BCUT2D eigenvalue weighted by molar-refractivity contribution is 0.0502. The summed E-state index contributed by atoms with van der Waals surface area (Å²) in [5.74, 6) is 0.963. The average Bonchev–Trinajstić information content (AvgIpc) is 2.42. The van der Waals surface area contributed by atoms with Crippen LogP contribution >= 0.6 is 23.2 Å². The molecule has 0 aromatic carbocycles. The maximum Gasteiger partial charge on any atom is 0.0434 e. The molecule has 2 unspecified atom stereocenters. The molecule has 68 valence electrons. The van der Waals surface area contributed by atoms with E-state index in [4.69, 9.17) is 23.2 Å². The van der Waals surface area contributed by atoms with Crippen LogP contribution in [0.15, 0.2) is 10.6 Å². The Hall–Kier alpha value is 0.280. The molecule has 1 saturated carbocycles. The minimum atomic E-state index is 0.766. The van der Waals surface area contributed by atoms with Gasteiger partial charge in [-0.15, -0.1) is 0 Å². The molecule has 0 spiro atoms. The van der Waals surface area contributed by atoms with E-state index >= 15 is 0 Å². The van der Waals surface area contributed by atoms with Crippen LogP contribution < -0.4 is 0 Å². The van der Waals surface area contributed by atoms with Gasteiger partial charge in [-0.1, -0.05) is 29.6 Å². The van der Waals surface area contributed by atoms with Crippen LogP contribution in [0.3, 0.4) is 0 Å². The summed E-state index contributed by atoms with van der Waals surface area (Å²) in [6, 6.07) is 0.815. The molecular formula is C9H13Cl2N. The maximum absolute atomic E-state index is 5.85. The van der Waals surface area contributed by atoms with Crippen molar-refractivity contribution in [3.8, 4) is 0 Å². The zero-order chi connectivity index (χ0) is 8.55. The van der Waals surface area contributed by atoms with Gasteiger partial charge in [-0.3, -0.25) is 4.90 Å². The SMILES string of the molecule is Cl/C=C(/Cl)CN1CC2CCCC21. The fourth-order valence-electron chi connectivity index (χ4n) is 2.42. The van der Waals surface area contributed by atoms with Crippen molar-refractivity contribution >= 4 is 23.2 Å². The van der Waals surface area contributed by atoms with Crippen LogP contribution in [0.1, 0.15) is 19.3 Å². The molecule has 2 atom stereocenters. The molecule has 2 aliphatic rings. The summed E-state index contributed by atoms with van der Waals surface area (Å²) < 4.78 is 0. The minimum absolute atomic E-state index is 0.766. The van der Waals surface area contributed by atoms with Crippen LogP contribution in [0.5, 0.6) is 0 Å². The highest BCUT2D eigenvalue weighted by Gasteiger charge is 2.41. The summed E-state index contributed by atoms with van der Waals surface area (Å²) in [5.41, 5.74) is 1.48. The highest BCUT2D eigenvalue weighted by atomic mass is 35.5. The molecule has 2 fully saturated rings. The first-order chi connectivity index (χ1) is 5.81. The smallest absolute Gasteiger partial charge is 0.0434 e. The van der Waals surface area contributed by atoms with Gasteiger partial charge in [0, 0.05) is 29.7 Å². The molecule has 1 aliphatic heterocycles. The number of hydrogen-bond donors (Lipinski definition) is 0. The molecule has 3 heteroatoms. The Morgan fingerprint density at radius 1 is 1.50 bits per heavy atom. The molecule has 0 N–H and O–H groups in total. The normalized spacial score (nSPS) is 36.3. The van der Waals surface area contributed by atoms with Gasteiger partial charge in [-0.25, -0.2) is 0 Å². The second-order valence-electron chi connectivity index (χ2n) is 3.74. The highest BCUT2D eigenvalue weighted by Crippen LogP contribution is 2.39. The maximum atomic E-state index is 5.85. The van der Waals surface area contributed by atoms with Crippen molar-refractivity contribution < 1.29 is 0 Å². The number of nitrogens with zero attached hydrogens (tertiary/aromatic N) is 1. The number of likely N-dealkylation sites (tertiary alicyclic amines) is 1. The minimum Gasteiger partial charge on any atom is -0.295 e. The Labute approximate surface area is 83.3 Å². The molecule has 1 heterocycles. The van der Waals surface area contributed by atoms with Crippen LogP contribution in [0.2, 0.25) is 0 Å². The van der Waals surface area contributed by atoms with E-state index in [-0.39, 0.29) is 0 Å². The Morgan fingerprint density at radius 2 is 2.33 bits per heavy atom. The Balaban J connectivity index is 1.84. The second kappa shape index (κ2) is 3.57. The lowest BCUT2D eigenvalue weighted by Gasteiger charge is -2.44. The third kappa shape index (κ3) is 1.50. The zero-order valence-electron chi connectivity index (χ0n) is 6.97. The van der Waals surface area contributed by atoms with Crippen molar-refractivity contribution in [2.45, 2.75) is 25.3 Å². The van der Waals surface area contributed by atoms with E-state index in [2.05, 4.69) is 4.90 Å². The summed E-state index contributed by atoms with van der Waals surface area (Å²) in [4.78, 5) is 2.43. The van der Waals surface area contributed by atoms with E-state index in [1.165, 1.54) is 31.3 Å². The van der Waals surface area contributed by atoms with E-state index < -0.39 is 0 Å². The molecule has 1 aliphatic carbocycles. The Morgan fingerprint density at radius 3 is 3.00 bits per heavy atom. The van der Waals surface area contributed by atoms with Crippen LogP contribution in [-0.4, -0.2) is 24.0 Å². The fourth-order valence-corrected chi connectivity index (χ4v) is 2.64. The largest absolute Gasteiger partial charge is 0.295 e. The van der Waals surface area contributed by atoms with Crippen LogP contribution in [0, 0.1) is 5.92 Å². The first-order valence-corrected chi connectivity index (χ1v) is 5.31. The number of fused-ring (bicyclic) bond motifs is 1. The summed E-state index contributed by atoms with van der Waals surface area (Å²) in [5, 5.41) is 0.766. The molecule has 0 amide bonds. The zero-order valence-corrected chi connectivity index (χ0v) is 8.48. The quantitative estimate of drug-likeness (QED) is 0.671. The number of rotatable bonds is 2. The summed E-state index contributed by atoms with van der Waals surface area (Å²) >= 11 is 11.4. The molecule has 0 aromatic heterocycles. The second-order valence-corrected chi connectivity index (χ2v) is 4.45. The van der Waals surface area contributed by atoms with Gasteiger partial charge >= 0.3 is 0 Å². The number of halogens is 2. The first kappa shape index (κ1) is 8.86. The molecule has 1 nitrogen and oxygen atoms in total. The van der Waals surface area contributed by atoms with E-state index in [0.29, 0.717) is 0 Å². The molecule has 0 bridgehead atoms. The van der Waals surface area contributed by atoms with E-state index in [1.54, 1.807) is 0 Å². The number of hydrogen-bond acceptors (Lipinski definition) is 1. The molecule has 2 rings (SSSR count). The van der Waals surface area contributed by atoms with Crippen molar-refractivity contribution in [1.82, 2.24) is 4.90 Å². The van der Waals surface area contributed by atoms with Crippen LogP contribution in [0.25, 0.3) is 0 Å².